The molecule has 0 radical (unpaired) electrons. The fourth-order valence-corrected chi connectivity index (χ4v) is 3.65. The highest BCUT2D eigenvalue weighted by molar-refractivity contribution is 5.78. The van der Waals surface area contributed by atoms with Gasteiger partial charge >= 0.3 is 0 Å². The Labute approximate surface area is 152 Å². The molecular formula is C19H36N4O2. The van der Waals surface area contributed by atoms with Crippen molar-refractivity contribution in [3.8, 4) is 0 Å². The van der Waals surface area contributed by atoms with Crippen LogP contribution in [0.4, 0.5) is 0 Å². The summed E-state index contributed by atoms with van der Waals surface area (Å²) in [6.07, 6.45) is 4.96. The van der Waals surface area contributed by atoms with Crippen LogP contribution >= 0.6 is 0 Å². The van der Waals surface area contributed by atoms with Crippen molar-refractivity contribution >= 4 is 11.8 Å². The molecule has 0 aromatic rings. The smallest absolute Gasteiger partial charge is 0.234 e. The molecule has 144 valence electrons. The molecule has 1 atom stereocenters. The molecule has 2 aliphatic rings. The SMILES string of the molecule is CC(C)(C)NC(=O)CN1CCC(CNC(=O)CCC2CCNC2)CC1. The van der Waals surface area contributed by atoms with Crippen molar-refractivity contribution in [3.63, 3.8) is 0 Å². The molecule has 6 heteroatoms. The van der Waals surface area contributed by atoms with Crippen LogP contribution in [-0.2, 0) is 9.59 Å². The molecule has 3 N–H and O–H groups in total. The van der Waals surface area contributed by atoms with Gasteiger partial charge in [-0.05, 0) is 84.5 Å². The topological polar surface area (TPSA) is 73.5 Å². The third-order valence-electron chi connectivity index (χ3n) is 5.12. The summed E-state index contributed by atoms with van der Waals surface area (Å²) in [6.45, 7) is 11.3. The predicted molar refractivity (Wildman–Crippen MR) is 100 cm³/mol. The van der Waals surface area contributed by atoms with Crippen LogP contribution in [0, 0.1) is 11.8 Å². The highest BCUT2D eigenvalue weighted by atomic mass is 16.2. The second kappa shape index (κ2) is 9.53. The van der Waals surface area contributed by atoms with Crippen molar-refractivity contribution in [2.75, 3.05) is 39.3 Å². The summed E-state index contributed by atoms with van der Waals surface area (Å²) in [6, 6.07) is 0. The number of rotatable bonds is 7. The van der Waals surface area contributed by atoms with E-state index in [0.717, 1.165) is 52.0 Å². The van der Waals surface area contributed by atoms with E-state index in [-0.39, 0.29) is 17.4 Å². The van der Waals surface area contributed by atoms with Crippen molar-refractivity contribution in [1.82, 2.24) is 20.9 Å². The molecule has 0 aliphatic carbocycles. The number of piperidine rings is 1. The number of hydrogen-bond donors (Lipinski definition) is 3. The van der Waals surface area contributed by atoms with Crippen molar-refractivity contribution in [2.24, 2.45) is 11.8 Å². The van der Waals surface area contributed by atoms with Crippen LogP contribution in [0.5, 0.6) is 0 Å². The molecule has 2 rings (SSSR count). The first kappa shape index (κ1) is 20.2. The Kier molecular flexibility index (Phi) is 7.69. The molecule has 2 fully saturated rings. The van der Waals surface area contributed by atoms with Gasteiger partial charge in [-0.1, -0.05) is 0 Å². The van der Waals surface area contributed by atoms with Gasteiger partial charge in [0.05, 0.1) is 6.54 Å². The molecule has 2 heterocycles. The van der Waals surface area contributed by atoms with Gasteiger partial charge in [0.1, 0.15) is 0 Å². The van der Waals surface area contributed by atoms with E-state index in [0.29, 0.717) is 24.8 Å². The number of amides is 2. The molecule has 0 spiro atoms. The Bertz CT molecular complexity index is 433. The van der Waals surface area contributed by atoms with Crippen molar-refractivity contribution < 1.29 is 9.59 Å². The highest BCUT2D eigenvalue weighted by Gasteiger charge is 2.23. The van der Waals surface area contributed by atoms with Crippen molar-refractivity contribution in [2.45, 2.75) is 58.4 Å². The largest absolute Gasteiger partial charge is 0.356 e. The Morgan fingerprint density at radius 3 is 2.40 bits per heavy atom. The lowest BCUT2D eigenvalue weighted by molar-refractivity contribution is -0.124. The summed E-state index contributed by atoms with van der Waals surface area (Å²) in [5, 5.41) is 9.46. The van der Waals surface area contributed by atoms with Crippen molar-refractivity contribution in [1.29, 1.82) is 0 Å². The van der Waals surface area contributed by atoms with E-state index in [1.165, 1.54) is 6.42 Å². The number of carbonyl (C=O) groups is 2. The Morgan fingerprint density at radius 1 is 1.08 bits per heavy atom. The second-order valence-electron chi connectivity index (χ2n) is 8.72. The maximum absolute atomic E-state index is 12.0. The molecule has 0 aromatic carbocycles. The maximum Gasteiger partial charge on any atom is 0.234 e. The quantitative estimate of drug-likeness (QED) is 0.642. The van der Waals surface area contributed by atoms with Crippen LogP contribution in [0.15, 0.2) is 0 Å². The summed E-state index contributed by atoms with van der Waals surface area (Å²) >= 11 is 0. The zero-order valence-electron chi connectivity index (χ0n) is 16.2. The summed E-state index contributed by atoms with van der Waals surface area (Å²) in [4.78, 5) is 26.2. The fraction of sp³-hybridized carbons (Fsp3) is 0.895. The lowest BCUT2D eigenvalue weighted by Gasteiger charge is -2.32. The van der Waals surface area contributed by atoms with E-state index in [4.69, 9.17) is 0 Å². The lowest BCUT2D eigenvalue weighted by Crippen LogP contribution is -2.48. The van der Waals surface area contributed by atoms with Crippen LogP contribution < -0.4 is 16.0 Å². The van der Waals surface area contributed by atoms with E-state index >= 15 is 0 Å². The first-order valence-electron chi connectivity index (χ1n) is 9.82. The third-order valence-corrected chi connectivity index (χ3v) is 5.12. The molecule has 25 heavy (non-hydrogen) atoms. The normalized spacial score (nSPS) is 22.8. The minimum atomic E-state index is -0.172. The van der Waals surface area contributed by atoms with E-state index in [1.807, 2.05) is 20.8 Å². The van der Waals surface area contributed by atoms with Gasteiger partial charge in [0, 0.05) is 18.5 Å². The Balaban J connectivity index is 1.55. The number of nitrogens with zero attached hydrogens (tertiary/aromatic N) is 1. The number of nitrogens with one attached hydrogen (secondary N) is 3. The molecular weight excluding hydrogens is 316 g/mol. The predicted octanol–water partition coefficient (Wildman–Crippen LogP) is 1.12. The van der Waals surface area contributed by atoms with Crippen LogP contribution in [-0.4, -0.2) is 61.5 Å². The van der Waals surface area contributed by atoms with Gasteiger partial charge < -0.3 is 16.0 Å². The second-order valence-corrected chi connectivity index (χ2v) is 8.72. The number of likely N-dealkylation sites (tertiary alicyclic amines) is 1. The van der Waals surface area contributed by atoms with Gasteiger partial charge in [-0.3, -0.25) is 14.5 Å². The van der Waals surface area contributed by atoms with E-state index in [1.54, 1.807) is 0 Å². The van der Waals surface area contributed by atoms with Crippen LogP contribution in [0.1, 0.15) is 52.9 Å². The molecule has 0 saturated carbocycles. The molecule has 0 bridgehead atoms. The molecule has 2 saturated heterocycles. The standard InChI is InChI=1S/C19H36N4O2/c1-19(2,3)22-18(25)14-23-10-7-16(8-11-23)13-21-17(24)5-4-15-6-9-20-12-15/h15-16,20H,4-14H2,1-3H3,(H,21,24)(H,22,25). The van der Waals surface area contributed by atoms with Crippen LogP contribution in [0.25, 0.3) is 0 Å². The number of hydrogen-bond acceptors (Lipinski definition) is 4. The highest BCUT2D eigenvalue weighted by Crippen LogP contribution is 2.17. The molecule has 0 aromatic heterocycles. The van der Waals surface area contributed by atoms with Gasteiger partial charge in [0.25, 0.3) is 0 Å². The monoisotopic (exact) mass is 352 g/mol. The van der Waals surface area contributed by atoms with E-state index in [9.17, 15) is 9.59 Å². The Morgan fingerprint density at radius 2 is 1.80 bits per heavy atom. The van der Waals surface area contributed by atoms with Gasteiger partial charge in [0.15, 0.2) is 0 Å². The van der Waals surface area contributed by atoms with Crippen LogP contribution in [0.2, 0.25) is 0 Å². The zero-order chi connectivity index (χ0) is 18.3. The molecule has 2 amide bonds. The molecule has 2 aliphatic heterocycles. The summed E-state index contributed by atoms with van der Waals surface area (Å²) in [5.41, 5.74) is -0.172. The first-order chi connectivity index (χ1) is 11.8. The molecule has 1 unspecified atom stereocenters. The van der Waals surface area contributed by atoms with Crippen LogP contribution in [0.3, 0.4) is 0 Å². The minimum Gasteiger partial charge on any atom is -0.356 e. The van der Waals surface area contributed by atoms with Crippen molar-refractivity contribution in [3.05, 3.63) is 0 Å². The van der Waals surface area contributed by atoms with Gasteiger partial charge in [-0.2, -0.15) is 0 Å². The summed E-state index contributed by atoms with van der Waals surface area (Å²) in [5.74, 6) is 1.51. The van der Waals surface area contributed by atoms with E-state index < -0.39 is 0 Å². The minimum absolute atomic E-state index is 0.0978. The Hall–Kier alpha value is -1.14. The van der Waals surface area contributed by atoms with Gasteiger partial charge in [-0.15, -0.1) is 0 Å². The third kappa shape index (κ3) is 8.19. The van der Waals surface area contributed by atoms with Gasteiger partial charge in [-0.25, -0.2) is 0 Å². The fourth-order valence-electron chi connectivity index (χ4n) is 3.65. The summed E-state index contributed by atoms with van der Waals surface area (Å²) < 4.78 is 0. The first-order valence-corrected chi connectivity index (χ1v) is 9.82. The van der Waals surface area contributed by atoms with Gasteiger partial charge in [0.2, 0.25) is 11.8 Å². The molecule has 6 nitrogen and oxygen atoms in total. The zero-order valence-corrected chi connectivity index (χ0v) is 16.2. The maximum atomic E-state index is 12.0. The average molecular weight is 353 g/mol. The average Bonchev–Trinajstić information content (AvgIpc) is 3.04. The summed E-state index contributed by atoms with van der Waals surface area (Å²) in [7, 11) is 0. The number of carbonyl (C=O) groups excluding carboxylic acids is 2. The van der Waals surface area contributed by atoms with E-state index in [2.05, 4.69) is 20.9 Å². The lowest BCUT2D eigenvalue weighted by atomic mass is 9.96.